The van der Waals surface area contributed by atoms with Crippen molar-refractivity contribution in [3.05, 3.63) is 23.7 Å². The zero-order valence-corrected chi connectivity index (χ0v) is 10.3. The summed E-state index contributed by atoms with van der Waals surface area (Å²) in [4.78, 5) is 14.0. The molecule has 1 fully saturated rings. The standard InChI is InChI=1S/C11H14BrNO2/c1-8-6-9(7-15-8)11(14)13(5-4-12)10-2-3-10/h6-7,10H,2-5H2,1H3. The Hall–Kier alpha value is -0.770. The Balaban J connectivity index is 2.10. The maximum Gasteiger partial charge on any atom is 0.257 e. The third-order valence-electron chi connectivity index (χ3n) is 2.55. The number of nitrogens with zero attached hydrogens (tertiary/aromatic N) is 1. The summed E-state index contributed by atoms with van der Waals surface area (Å²) >= 11 is 3.37. The number of hydrogen-bond donors (Lipinski definition) is 0. The summed E-state index contributed by atoms with van der Waals surface area (Å²) in [7, 11) is 0. The van der Waals surface area contributed by atoms with Crippen LogP contribution in [0.15, 0.2) is 16.7 Å². The van der Waals surface area contributed by atoms with E-state index in [2.05, 4.69) is 15.9 Å². The van der Waals surface area contributed by atoms with E-state index in [4.69, 9.17) is 4.42 Å². The van der Waals surface area contributed by atoms with Gasteiger partial charge < -0.3 is 9.32 Å². The van der Waals surface area contributed by atoms with Gasteiger partial charge in [0.2, 0.25) is 0 Å². The minimum atomic E-state index is 0.0915. The molecule has 0 radical (unpaired) electrons. The van der Waals surface area contributed by atoms with Gasteiger partial charge in [0.05, 0.1) is 5.56 Å². The van der Waals surface area contributed by atoms with Crippen LogP contribution in [0.3, 0.4) is 0 Å². The largest absolute Gasteiger partial charge is 0.469 e. The summed E-state index contributed by atoms with van der Waals surface area (Å²) in [5.74, 6) is 0.877. The molecule has 3 nitrogen and oxygen atoms in total. The van der Waals surface area contributed by atoms with E-state index < -0.39 is 0 Å². The van der Waals surface area contributed by atoms with Crippen molar-refractivity contribution in [3.8, 4) is 0 Å². The summed E-state index contributed by atoms with van der Waals surface area (Å²) in [6.07, 6.45) is 3.81. The van der Waals surface area contributed by atoms with E-state index in [0.29, 0.717) is 11.6 Å². The lowest BCUT2D eigenvalue weighted by molar-refractivity contribution is 0.0754. The molecule has 0 saturated heterocycles. The van der Waals surface area contributed by atoms with Crippen molar-refractivity contribution in [2.24, 2.45) is 0 Å². The molecule has 1 aliphatic carbocycles. The van der Waals surface area contributed by atoms with E-state index in [-0.39, 0.29) is 5.91 Å². The summed E-state index contributed by atoms with van der Waals surface area (Å²) in [5.41, 5.74) is 0.667. The average molecular weight is 272 g/mol. The molecule has 2 rings (SSSR count). The fraction of sp³-hybridized carbons (Fsp3) is 0.545. The molecule has 0 N–H and O–H groups in total. The van der Waals surface area contributed by atoms with Gasteiger partial charge in [-0.3, -0.25) is 4.79 Å². The van der Waals surface area contributed by atoms with E-state index in [9.17, 15) is 4.79 Å². The molecule has 0 aromatic carbocycles. The van der Waals surface area contributed by atoms with Gasteiger partial charge in [-0.15, -0.1) is 0 Å². The SMILES string of the molecule is Cc1cc(C(=O)N(CCBr)C2CC2)co1. The van der Waals surface area contributed by atoms with Crippen molar-refractivity contribution >= 4 is 21.8 Å². The van der Waals surface area contributed by atoms with Crippen molar-refractivity contribution in [1.29, 1.82) is 0 Å². The zero-order chi connectivity index (χ0) is 10.8. The summed E-state index contributed by atoms with van der Waals surface area (Å²) in [5, 5.41) is 0.825. The van der Waals surface area contributed by atoms with Gasteiger partial charge in [0, 0.05) is 17.9 Å². The number of hydrogen-bond acceptors (Lipinski definition) is 2. The van der Waals surface area contributed by atoms with Gasteiger partial charge in [-0.25, -0.2) is 0 Å². The van der Waals surface area contributed by atoms with Crippen molar-refractivity contribution < 1.29 is 9.21 Å². The van der Waals surface area contributed by atoms with Crippen LogP contribution in [-0.2, 0) is 0 Å². The maximum atomic E-state index is 12.1. The Morgan fingerprint density at radius 1 is 1.67 bits per heavy atom. The zero-order valence-electron chi connectivity index (χ0n) is 8.70. The van der Waals surface area contributed by atoms with E-state index in [1.807, 2.05) is 11.8 Å². The lowest BCUT2D eigenvalue weighted by Gasteiger charge is -2.20. The van der Waals surface area contributed by atoms with Gasteiger partial charge in [-0.05, 0) is 25.8 Å². The third-order valence-corrected chi connectivity index (χ3v) is 2.91. The number of amides is 1. The van der Waals surface area contributed by atoms with Crippen LogP contribution in [-0.4, -0.2) is 28.7 Å². The van der Waals surface area contributed by atoms with Gasteiger partial charge in [-0.2, -0.15) is 0 Å². The molecule has 0 bridgehead atoms. The van der Waals surface area contributed by atoms with Crippen molar-refractivity contribution in [3.63, 3.8) is 0 Å². The topological polar surface area (TPSA) is 33.5 Å². The van der Waals surface area contributed by atoms with Crippen LogP contribution >= 0.6 is 15.9 Å². The molecule has 1 heterocycles. The maximum absolute atomic E-state index is 12.1. The minimum Gasteiger partial charge on any atom is -0.469 e. The summed E-state index contributed by atoms with van der Waals surface area (Å²) in [6.45, 7) is 2.62. The first-order chi connectivity index (χ1) is 7.22. The van der Waals surface area contributed by atoms with E-state index in [1.165, 1.54) is 0 Å². The third kappa shape index (κ3) is 2.43. The molecule has 15 heavy (non-hydrogen) atoms. The van der Waals surface area contributed by atoms with Crippen LogP contribution < -0.4 is 0 Å². The molecule has 0 unspecified atom stereocenters. The molecular weight excluding hydrogens is 258 g/mol. The Kier molecular flexibility index (Phi) is 3.14. The lowest BCUT2D eigenvalue weighted by Crippen LogP contribution is -2.34. The van der Waals surface area contributed by atoms with Gasteiger partial charge in [0.15, 0.2) is 0 Å². The number of halogens is 1. The molecule has 1 amide bonds. The Bertz CT molecular complexity index is 357. The number of furan rings is 1. The smallest absolute Gasteiger partial charge is 0.257 e. The second-order valence-electron chi connectivity index (χ2n) is 3.86. The molecule has 0 spiro atoms. The molecule has 0 atom stereocenters. The van der Waals surface area contributed by atoms with E-state index in [1.54, 1.807) is 12.3 Å². The predicted octanol–water partition coefficient (Wildman–Crippen LogP) is 2.59. The van der Waals surface area contributed by atoms with Gasteiger partial charge in [0.1, 0.15) is 12.0 Å². The van der Waals surface area contributed by atoms with Crippen LogP contribution in [0.25, 0.3) is 0 Å². The Morgan fingerprint density at radius 3 is 2.87 bits per heavy atom. The molecule has 1 aromatic heterocycles. The first-order valence-corrected chi connectivity index (χ1v) is 6.26. The monoisotopic (exact) mass is 271 g/mol. The Labute approximate surface area is 97.6 Å². The van der Waals surface area contributed by atoms with Crippen LogP contribution in [0.4, 0.5) is 0 Å². The predicted molar refractivity (Wildman–Crippen MR) is 61.3 cm³/mol. The quantitative estimate of drug-likeness (QED) is 0.789. The highest BCUT2D eigenvalue weighted by molar-refractivity contribution is 9.09. The summed E-state index contributed by atoms with van der Waals surface area (Å²) < 4.78 is 5.15. The molecule has 1 aromatic rings. The molecular formula is C11H14BrNO2. The molecule has 82 valence electrons. The number of carbonyl (C=O) groups is 1. The van der Waals surface area contributed by atoms with Gasteiger partial charge in [-0.1, -0.05) is 15.9 Å². The highest BCUT2D eigenvalue weighted by atomic mass is 79.9. The van der Waals surface area contributed by atoms with Gasteiger partial charge in [0.25, 0.3) is 5.91 Å². The normalized spacial score (nSPS) is 15.3. The van der Waals surface area contributed by atoms with Crippen LogP contribution in [0.5, 0.6) is 0 Å². The van der Waals surface area contributed by atoms with Crippen LogP contribution in [0.2, 0.25) is 0 Å². The highest BCUT2D eigenvalue weighted by Gasteiger charge is 2.32. The number of rotatable bonds is 4. The summed E-state index contributed by atoms with van der Waals surface area (Å²) in [6, 6.07) is 2.25. The molecule has 4 heteroatoms. The van der Waals surface area contributed by atoms with E-state index in [0.717, 1.165) is 30.5 Å². The van der Waals surface area contributed by atoms with Crippen molar-refractivity contribution in [2.45, 2.75) is 25.8 Å². The average Bonchev–Trinajstić information content (AvgIpc) is 2.96. The number of aryl methyl sites for hydroxylation is 1. The highest BCUT2D eigenvalue weighted by Crippen LogP contribution is 2.28. The van der Waals surface area contributed by atoms with E-state index >= 15 is 0 Å². The minimum absolute atomic E-state index is 0.0915. The number of alkyl halides is 1. The first-order valence-electron chi connectivity index (χ1n) is 5.14. The van der Waals surface area contributed by atoms with Crippen LogP contribution in [0.1, 0.15) is 29.0 Å². The lowest BCUT2D eigenvalue weighted by atomic mass is 10.2. The molecule has 1 saturated carbocycles. The van der Waals surface area contributed by atoms with Gasteiger partial charge >= 0.3 is 0 Å². The molecule has 1 aliphatic rings. The van der Waals surface area contributed by atoms with Crippen LogP contribution in [0, 0.1) is 6.92 Å². The fourth-order valence-electron chi connectivity index (χ4n) is 1.65. The second kappa shape index (κ2) is 4.39. The molecule has 0 aliphatic heterocycles. The second-order valence-corrected chi connectivity index (χ2v) is 4.66. The fourth-order valence-corrected chi connectivity index (χ4v) is 2.03. The Morgan fingerprint density at radius 2 is 2.40 bits per heavy atom. The first kappa shape index (κ1) is 10.7. The number of carbonyl (C=O) groups excluding carboxylic acids is 1. The van der Waals surface area contributed by atoms with Crippen molar-refractivity contribution in [2.75, 3.05) is 11.9 Å². The van der Waals surface area contributed by atoms with Crippen molar-refractivity contribution in [1.82, 2.24) is 4.90 Å².